The zero-order valence-electron chi connectivity index (χ0n) is 24.2. The van der Waals surface area contributed by atoms with Crippen molar-refractivity contribution in [1.82, 2.24) is 0 Å². The number of rotatable bonds is 9. The minimum Gasteiger partial charge on any atom is -0.407 e. The van der Waals surface area contributed by atoms with Crippen molar-refractivity contribution >= 4 is 18.7 Å². The summed E-state index contributed by atoms with van der Waals surface area (Å²) in [5.41, 5.74) is 0.268. The lowest BCUT2D eigenvalue weighted by atomic mass is 9.60. The standard InChI is InChI=1S/C33H50O2Si/c1-25(2)30(34)21-20-26(3)33(9)23-22-27(32(33,7)8)24-35-36(31(4,5)6,28-16-12-10-13-17-28)29-18-14-11-15-19-29/h10-21,25-27,30,34H,22-24H2,1-9H3/b21-20+/t26-,27-,30+,33+/m0/s1. The summed E-state index contributed by atoms with van der Waals surface area (Å²) in [6, 6.07) is 22.0. The molecule has 0 radical (unpaired) electrons. The second-order valence-electron chi connectivity index (χ2n) is 13.3. The van der Waals surface area contributed by atoms with E-state index < -0.39 is 8.32 Å². The molecular weight excluding hydrogens is 456 g/mol. The molecular formula is C33H50O2Si. The van der Waals surface area contributed by atoms with Crippen LogP contribution in [0.15, 0.2) is 72.8 Å². The van der Waals surface area contributed by atoms with Gasteiger partial charge in [-0.05, 0) is 56.8 Å². The van der Waals surface area contributed by atoms with Crippen LogP contribution >= 0.6 is 0 Å². The molecule has 3 rings (SSSR count). The predicted molar refractivity (Wildman–Crippen MR) is 157 cm³/mol. The van der Waals surface area contributed by atoms with Crippen molar-refractivity contribution in [2.45, 2.75) is 86.3 Å². The highest BCUT2D eigenvalue weighted by Crippen LogP contribution is 2.60. The molecule has 36 heavy (non-hydrogen) atoms. The number of allylic oxidation sites excluding steroid dienone is 1. The van der Waals surface area contributed by atoms with Gasteiger partial charge in [0, 0.05) is 6.61 Å². The van der Waals surface area contributed by atoms with Gasteiger partial charge in [0.25, 0.3) is 8.32 Å². The Morgan fingerprint density at radius 2 is 1.42 bits per heavy atom. The molecule has 4 atom stereocenters. The van der Waals surface area contributed by atoms with Gasteiger partial charge in [-0.25, -0.2) is 0 Å². The van der Waals surface area contributed by atoms with Crippen molar-refractivity contribution in [2.24, 2.45) is 28.6 Å². The van der Waals surface area contributed by atoms with E-state index in [1.54, 1.807) is 0 Å². The van der Waals surface area contributed by atoms with Gasteiger partial charge in [-0.1, -0.05) is 135 Å². The van der Waals surface area contributed by atoms with Crippen LogP contribution in [0.4, 0.5) is 0 Å². The van der Waals surface area contributed by atoms with E-state index in [-0.39, 0.29) is 27.9 Å². The molecule has 0 saturated heterocycles. The summed E-state index contributed by atoms with van der Waals surface area (Å²) in [5.74, 6) is 1.11. The normalized spacial score (nSPS) is 24.4. The maximum atomic E-state index is 10.3. The van der Waals surface area contributed by atoms with E-state index in [0.717, 1.165) is 6.61 Å². The number of benzene rings is 2. The molecule has 1 aliphatic rings. The summed E-state index contributed by atoms with van der Waals surface area (Å²) in [6.07, 6.45) is 6.25. The summed E-state index contributed by atoms with van der Waals surface area (Å²) in [6.45, 7) is 21.7. The van der Waals surface area contributed by atoms with Crippen LogP contribution in [-0.2, 0) is 4.43 Å². The van der Waals surface area contributed by atoms with Crippen molar-refractivity contribution < 1.29 is 9.53 Å². The molecule has 0 amide bonds. The van der Waals surface area contributed by atoms with E-state index in [9.17, 15) is 5.11 Å². The van der Waals surface area contributed by atoms with Crippen molar-refractivity contribution in [3.05, 3.63) is 72.8 Å². The average molecular weight is 507 g/mol. The van der Waals surface area contributed by atoms with E-state index in [4.69, 9.17) is 4.43 Å². The summed E-state index contributed by atoms with van der Waals surface area (Å²) < 4.78 is 7.37. The molecule has 0 aromatic heterocycles. The first kappa shape index (κ1) is 28.9. The van der Waals surface area contributed by atoms with Crippen LogP contribution in [0.25, 0.3) is 0 Å². The van der Waals surface area contributed by atoms with Gasteiger partial charge >= 0.3 is 0 Å². The third-order valence-corrected chi connectivity index (χ3v) is 14.7. The predicted octanol–water partition coefficient (Wildman–Crippen LogP) is 7.21. The molecule has 198 valence electrons. The van der Waals surface area contributed by atoms with Gasteiger partial charge in [-0.15, -0.1) is 0 Å². The fourth-order valence-electron chi connectivity index (χ4n) is 6.43. The van der Waals surface area contributed by atoms with Crippen LogP contribution in [0.1, 0.15) is 75.2 Å². The molecule has 1 saturated carbocycles. The molecule has 0 spiro atoms. The Hall–Kier alpha value is -1.68. The quantitative estimate of drug-likeness (QED) is 0.287. The summed E-state index contributed by atoms with van der Waals surface area (Å²) in [7, 11) is -2.54. The molecule has 0 unspecified atom stereocenters. The van der Waals surface area contributed by atoms with E-state index >= 15 is 0 Å². The number of hydrogen-bond donors (Lipinski definition) is 1. The van der Waals surface area contributed by atoms with Crippen LogP contribution in [0.2, 0.25) is 5.04 Å². The molecule has 0 bridgehead atoms. The van der Waals surface area contributed by atoms with Gasteiger partial charge in [0.2, 0.25) is 0 Å². The van der Waals surface area contributed by atoms with Crippen LogP contribution < -0.4 is 10.4 Å². The van der Waals surface area contributed by atoms with Crippen molar-refractivity contribution in [2.75, 3.05) is 6.61 Å². The van der Waals surface area contributed by atoms with Gasteiger partial charge in [0.05, 0.1) is 6.10 Å². The smallest absolute Gasteiger partial charge is 0.261 e. The highest BCUT2D eigenvalue weighted by molar-refractivity contribution is 6.99. The highest BCUT2D eigenvalue weighted by Gasteiger charge is 2.55. The number of aliphatic hydroxyl groups excluding tert-OH is 1. The van der Waals surface area contributed by atoms with Gasteiger partial charge in [0.15, 0.2) is 0 Å². The van der Waals surface area contributed by atoms with Crippen LogP contribution in [0.5, 0.6) is 0 Å². The first-order valence-electron chi connectivity index (χ1n) is 13.9. The van der Waals surface area contributed by atoms with E-state index in [2.05, 4.69) is 129 Å². The largest absolute Gasteiger partial charge is 0.407 e. The second kappa shape index (κ2) is 11.0. The van der Waals surface area contributed by atoms with Gasteiger partial charge in [0.1, 0.15) is 0 Å². The van der Waals surface area contributed by atoms with E-state index in [1.807, 2.05) is 6.08 Å². The summed E-state index contributed by atoms with van der Waals surface area (Å²) >= 11 is 0. The third-order valence-electron chi connectivity index (χ3n) is 9.71. The van der Waals surface area contributed by atoms with E-state index in [0.29, 0.717) is 11.8 Å². The lowest BCUT2D eigenvalue weighted by molar-refractivity contribution is 0.0321. The monoisotopic (exact) mass is 506 g/mol. The molecule has 0 aliphatic heterocycles. The molecule has 2 aromatic rings. The lowest BCUT2D eigenvalue weighted by Gasteiger charge is -2.47. The summed E-state index contributed by atoms with van der Waals surface area (Å²) in [5, 5.41) is 13.0. The molecule has 1 fully saturated rings. The first-order valence-corrected chi connectivity index (χ1v) is 15.8. The second-order valence-corrected chi connectivity index (χ2v) is 17.6. The van der Waals surface area contributed by atoms with Crippen molar-refractivity contribution in [3.8, 4) is 0 Å². The topological polar surface area (TPSA) is 29.5 Å². The maximum absolute atomic E-state index is 10.3. The maximum Gasteiger partial charge on any atom is 0.261 e. The van der Waals surface area contributed by atoms with Crippen LogP contribution in [0.3, 0.4) is 0 Å². The van der Waals surface area contributed by atoms with Gasteiger partial charge < -0.3 is 9.53 Å². The Kier molecular flexibility index (Phi) is 8.80. The van der Waals surface area contributed by atoms with E-state index in [1.165, 1.54) is 23.2 Å². The Bertz CT molecular complexity index is 950. The zero-order valence-corrected chi connectivity index (χ0v) is 25.2. The Labute approximate surface area is 222 Å². The molecule has 1 N–H and O–H groups in total. The fraction of sp³-hybridized carbons (Fsp3) is 0.576. The number of hydrogen-bond acceptors (Lipinski definition) is 2. The first-order chi connectivity index (χ1) is 16.8. The van der Waals surface area contributed by atoms with Crippen LogP contribution in [-0.4, -0.2) is 26.1 Å². The fourth-order valence-corrected chi connectivity index (χ4v) is 11.0. The lowest BCUT2D eigenvalue weighted by Crippen LogP contribution is -2.67. The molecule has 1 aliphatic carbocycles. The third kappa shape index (κ3) is 5.30. The van der Waals surface area contributed by atoms with Crippen molar-refractivity contribution in [1.29, 1.82) is 0 Å². The minimum atomic E-state index is -2.54. The Morgan fingerprint density at radius 1 is 0.917 bits per heavy atom. The average Bonchev–Trinajstić information content (AvgIpc) is 3.07. The Balaban J connectivity index is 1.93. The highest BCUT2D eigenvalue weighted by atomic mass is 28.4. The SMILES string of the molecule is CC(C)[C@H](O)/C=C/[C@H](C)[C@@]1(C)CC[C@@H](CO[Si](c2ccccc2)(c2ccccc2)C(C)(C)C)C1(C)C. The molecule has 3 heteroatoms. The Morgan fingerprint density at radius 3 is 1.86 bits per heavy atom. The molecule has 2 aromatic carbocycles. The van der Waals surface area contributed by atoms with Gasteiger partial charge in [-0.2, -0.15) is 0 Å². The van der Waals surface area contributed by atoms with Crippen molar-refractivity contribution in [3.63, 3.8) is 0 Å². The van der Waals surface area contributed by atoms with Gasteiger partial charge in [-0.3, -0.25) is 0 Å². The molecule has 0 heterocycles. The van der Waals surface area contributed by atoms with Crippen LogP contribution in [0, 0.1) is 28.6 Å². The summed E-state index contributed by atoms with van der Waals surface area (Å²) in [4.78, 5) is 0. The zero-order chi connectivity index (χ0) is 26.8. The molecule has 2 nitrogen and oxygen atoms in total. The minimum absolute atomic E-state index is 0.00916. The number of aliphatic hydroxyl groups is 1.